The fourth-order valence-electron chi connectivity index (χ4n) is 1.73. The van der Waals surface area contributed by atoms with E-state index < -0.39 is 0 Å². The van der Waals surface area contributed by atoms with Crippen LogP contribution in [0.1, 0.15) is 5.82 Å². The molecule has 0 spiro atoms. The summed E-state index contributed by atoms with van der Waals surface area (Å²) in [7, 11) is 3.75. The first-order valence-corrected chi connectivity index (χ1v) is 5.45. The molecule has 0 saturated heterocycles. The van der Waals surface area contributed by atoms with Gasteiger partial charge in [-0.3, -0.25) is 4.68 Å². The highest BCUT2D eigenvalue weighted by Gasteiger charge is 2.08. The van der Waals surface area contributed by atoms with E-state index in [0.29, 0.717) is 6.54 Å². The van der Waals surface area contributed by atoms with Crippen LogP contribution in [0, 0.1) is 0 Å². The molecule has 92 valence electrons. The van der Waals surface area contributed by atoms with Gasteiger partial charge < -0.3 is 9.88 Å². The number of hydrogen-bond donors (Lipinski definition) is 1. The molecule has 0 aliphatic rings. The predicted molar refractivity (Wildman–Crippen MR) is 64.6 cm³/mol. The van der Waals surface area contributed by atoms with E-state index in [1.165, 1.54) is 6.33 Å². The minimum Gasteiger partial charge on any atom is -0.362 e. The van der Waals surface area contributed by atoms with Crippen LogP contribution in [0.3, 0.4) is 0 Å². The Hall–Kier alpha value is -2.51. The second kappa shape index (κ2) is 4.06. The normalized spacial score (nSPS) is 11.0. The molecule has 3 rings (SSSR count). The van der Waals surface area contributed by atoms with Gasteiger partial charge in [0.2, 0.25) is 0 Å². The monoisotopic (exact) mass is 244 g/mol. The number of hydrogen-bond acceptors (Lipinski definition) is 6. The summed E-state index contributed by atoms with van der Waals surface area (Å²) >= 11 is 0. The van der Waals surface area contributed by atoms with E-state index in [2.05, 4.69) is 30.6 Å². The molecule has 0 aliphatic heterocycles. The van der Waals surface area contributed by atoms with Crippen LogP contribution >= 0.6 is 0 Å². The molecule has 3 aromatic rings. The van der Waals surface area contributed by atoms with E-state index in [4.69, 9.17) is 0 Å². The quantitative estimate of drug-likeness (QED) is 0.703. The third-order valence-electron chi connectivity index (χ3n) is 2.75. The van der Waals surface area contributed by atoms with Crippen LogP contribution in [0.15, 0.2) is 18.9 Å². The molecule has 0 aliphatic carbocycles. The number of aromatic nitrogens is 7. The molecule has 0 atom stereocenters. The molecule has 0 unspecified atom stereocenters. The number of nitrogens with zero attached hydrogens (tertiary/aromatic N) is 7. The van der Waals surface area contributed by atoms with E-state index in [-0.39, 0.29) is 0 Å². The van der Waals surface area contributed by atoms with E-state index in [1.54, 1.807) is 17.2 Å². The Balaban J connectivity index is 1.89. The number of aryl methyl sites for hydroxylation is 2. The van der Waals surface area contributed by atoms with Crippen molar-refractivity contribution in [3.63, 3.8) is 0 Å². The van der Waals surface area contributed by atoms with Gasteiger partial charge in [0.15, 0.2) is 11.5 Å². The van der Waals surface area contributed by atoms with Crippen molar-refractivity contribution in [2.45, 2.75) is 6.54 Å². The summed E-state index contributed by atoms with van der Waals surface area (Å²) < 4.78 is 3.57. The van der Waals surface area contributed by atoms with Crippen molar-refractivity contribution in [1.82, 2.24) is 34.5 Å². The second-order valence-electron chi connectivity index (χ2n) is 3.94. The first-order chi connectivity index (χ1) is 8.75. The third kappa shape index (κ3) is 1.67. The lowest BCUT2D eigenvalue weighted by Crippen LogP contribution is -2.07. The lowest BCUT2D eigenvalue weighted by Gasteiger charge is -2.05. The van der Waals surface area contributed by atoms with Crippen LogP contribution in [0.5, 0.6) is 0 Å². The fraction of sp³-hybridized carbons (Fsp3) is 0.300. The number of anilines is 1. The molecule has 0 amide bonds. The maximum atomic E-state index is 4.22. The van der Waals surface area contributed by atoms with Gasteiger partial charge in [-0.15, -0.1) is 10.2 Å². The Bertz CT molecular complexity index is 682. The van der Waals surface area contributed by atoms with Crippen LogP contribution < -0.4 is 5.32 Å². The van der Waals surface area contributed by atoms with Gasteiger partial charge in [-0.2, -0.15) is 5.10 Å². The molecule has 0 fully saturated rings. The Morgan fingerprint density at radius 1 is 1.28 bits per heavy atom. The van der Waals surface area contributed by atoms with Crippen molar-refractivity contribution in [1.29, 1.82) is 0 Å². The van der Waals surface area contributed by atoms with Gasteiger partial charge in [0.05, 0.1) is 18.1 Å². The number of rotatable bonds is 3. The minimum atomic E-state index is 0.553. The molecule has 0 bridgehead atoms. The van der Waals surface area contributed by atoms with E-state index in [0.717, 1.165) is 22.7 Å². The third-order valence-corrected chi connectivity index (χ3v) is 2.75. The molecule has 3 aromatic heterocycles. The van der Waals surface area contributed by atoms with Crippen molar-refractivity contribution < 1.29 is 0 Å². The van der Waals surface area contributed by atoms with Gasteiger partial charge in [0, 0.05) is 14.1 Å². The zero-order chi connectivity index (χ0) is 12.5. The zero-order valence-corrected chi connectivity index (χ0v) is 10.1. The Labute approximate surface area is 103 Å². The summed E-state index contributed by atoms with van der Waals surface area (Å²) in [6.45, 7) is 0.553. The fourth-order valence-corrected chi connectivity index (χ4v) is 1.73. The Morgan fingerprint density at radius 3 is 2.94 bits per heavy atom. The summed E-state index contributed by atoms with van der Waals surface area (Å²) in [6.07, 6.45) is 4.92. The minimum absolute atomic E-state index is 0.553. The zero-order valence-electron chi connectivity index (χ0n) is 10.1. The largest absolute Gasteiger partial charge is 0.362 e. The molecule has 3 heterocycles. The van der Waals surface area contributed by atoms with Gasteiger partial charge in [-0.25, -0.2) is 9.97 Å². The maximum absolute atomic E-state index is 4.22. The molecular formula is C10H12N8. The topological polar surface area (TPSA) is 86.3 Å². The number of fused-ring (bicyclic) bond motifs is 1. The smallest absolute Gasteiger partial charge is 0.163 e. The summed E-state index contributed by atoms with van der Waals surface area (Å²) in [4.78, 5) is 8.40. The average Bonchev–Trinajstić information content (AvgIpc) is 2.95. The van der Waals surface area contributed by atoms with Crippen molar-refractivity contribution in [3.8, 4) is 0 Å². The predicted octanol–water partition coefficient (Wildman–Crippen LogP) is 0.104. The van der Waals surface area contributed by atoms with Gasteiger partial charge in [0.25, 0.3) is 0 Å². The van der Waals surface area contributed by atoms with Crippen LogP contribution in [0.4, 0.5) is 5.82 Å². The molecule has 8 heteroatoms. The van der Waals surface area contributed by atoms with Gasteiger partial charge in [-0.1, -0.05) is 0 Å². The molecule has 0 saturated carbocycles. The molecule has 0 aromatic carbocycles. The van der Waals surface area contributed by atoms with Crippen molar-refractivity contribution in [2.75, 3.05) is 5.32 Å². The molecule has 8 nitrogen and oxygen atoms in total. The van der Waals surface area contributed by atoms with Crippen LogP contribution in [0.25, 0.3) is 11.0 Å². The standard InChI is InChI=1S/C10H12N8/c1-17-6-14-16-8(17)4-11-9-7-3-15-18(2)10(7)13-5-12-9/h3,5-6H,4H2,1-2H3,(H,11,12,13). The number of nitrogens with one attached hydrogen (secondary N) is 1. The first kappa shape index (κ1) is 10.6. The lowest BCUT2D eigenvalue weighted by molar-refractivity contribution is 0.785. The summed E-state index contributed by atoms with van der Waals surface area (Å²) in [5, 5.41) is 16.1. The van der Waals surface area contributed by atoms with E-state index >= 15 is 0 Å². The Morgan fingerprint density at radius 2 is 2.17 bits per heavy atom. The summed E-state index contributed by atoms with van der Waals surface area (Å²) in [6, 6.07) is 0. The van der Waals surface area contributed by atoms with Gasteiger partial charge in [-0.05, 0) is 0 Å². The Kier molecular flexibility index (Phi) is 2.40. The second-order valence-corrected chi connectivity index (χ2v) is 3.94. The molecule has 18 heavy (non-hydrogen) atoms. The van der Waals surface area contributed by atoms with E-state index in [9.17, 15) is 0 Å². The van der Waals surface area contributed by atoms with Gasteiger partial charge in [0.1, 0.15) is 18.5 Å². The highest BCUT2D eigenvalue weighted by Crippen LogP contribution is 2.17. The molecular weight excluding hydrogens is 232 g/mol. The summed E-state index contributed by atoms with van der Waals surface area (Å²) in [5.41, 5.74) is 0.797. The van der Waals surface area contributed by atoms with Crippen LogP contribution in [0.2, 0.25) is 0 Å². The SMILES string of the molecule is Cn1cnnc1CNc1ncnc2c1cnn2C. The highest BCUT2D eigenvalue weighted by molar-refractivity contribution is 5.85. The summed E-state index contributed by atoms with van der Waals surface area (Å²) in [5.74, 6) is 1.58. The van der Waals surface area contributed by atoms with Crippen molar-refractivity contribution in [2.24, 2.45) is 14.1 Å². The maximum Gasteiger partial charge on any atom is 0.163 e. The average molecular weight is 244 g/mol. The highest BCUT2D eigenvalue weighted by atomic mass is 15.3. The molecule has 0 radical (unpaired) electrons. The molecule has 1 N–H and O–H groups in total. The van der Waals surface area contributed by atoms with Crippen LogP contribution in [-0.2, 0) is 20.6 Å². The van der Waals surface area contributed by atoms with Crippen molar-refractivity contribution in [3.05, 3.63) is 24.7 Å². The van der Waals surface area contributed by atoms with Crippen LogP contribution in [-0.4, -0.2) is 34.5 Å². The first-order valence-electron chi connectivity index (χ1n) is 5.45. The van der Waals surface area contributed by atoms with E-state index in [1.807, 2.05) is 18.7 Å². The van der Waals surface area contributed by atoms with Gasteiger partial charge >= 0.3 is 0 Å². The lowest BCUT2D eigenvalue weighted by atomic mass is 10.4. The van der Waals surface area contributed by atoms with Crippen molar-refractivity contribution >= 4 is 16.9 Å².